The molecule has 0 unspecified atom stereocenters. The van der Waals surface area contributed by atoms with E-state index in [0.717, 1.165) is 68.3 Å². The van der Waals surface area contributed by atoms with Gasteiger partial charge in [-0.3, -0.25) is 4.90 Å². The van der Waals surface area contributed by atoms with Gasteiger partial charge >= 0.3 is 0 Å². The van der Waals surface area contributed by atoms with Gasteiger partial charge in [0.1, 0.15) is 0 Å². The van der Waals surface area contributed by atoms with Crippen LogP contribution in [-0.2, 0) is 11.3 Å². The zero-order valence-corrected chi connectivity index (χ0v) is 15.7. The van der Waals surface area contributed by atoms with Gasteiger partial charge < -0.3 is 19.5 Å². The molecule has 5 nitrogen and oxygen atoms in total. The van der Waals surface area contributed by atoms with Crippen LogP contribution in [0.5, 0.6) is 11.5 Å². The second-order valence-corrected chi connectivity index (χ2v) is 6.44. The lowest BCUT2D eigenvalue weighted by Crippen LogP contribution is -2.40. The van der Waals surface area contributed by atoms with Crippen LogP contribution in [0.3, 0.4) is 0 Å². The zero-order valence-electron chi connectivity index (χ0n) is 14.1. The minimum absolute atomic E-state index is 0.687. The van der Waals surface area contributed by atoms with Gasteiger partial charge in [-0.2, -0.15) is 0 Å². The Bertz CT molecular complexity index is 479. The monoisotopic (exact) mass is 386 g/mol. The van der Waals surface area contributed by atoms with E-state index in [1.54, 1.807) is 7.11 Å². The quantitative estimate of drug-likeness (QED) is 0.660. The molecule has 1 aromatic rings. The fourth-order valence-corrected chi connectivity index (χ4v) is 3.12. The number of nitrogens with zero attached hydrogens (tertiary/aromatic N) is 1. The van der Waals surface area contributed by atoms with Crippen molar-refractivity contribution in [3.63, 3.8) is 0 Å². The molecule has 1 saturated heterocycles. The first-order valence-electron chi connectivity index (χ1n) is 8.24. The summed E-state index contributed by atoms with van der Waals surface area (Å²) in [4.78, 5) is 2.43. The van der Waals surface area contributed by atoms with Crippen LogP contribution in [0, 0.1) is 0 Å². The maximum Gasteiger partial charge on any atom is 0.175 e. The maximum atomic E-state index is 5.76. The third-order valence-electron chi connectivity index (χ3n) is 3.78. The summed E-state index contributed by atoms with van der Waals surface area (Å²) in [6.45, 7) is 9.38. The lowest BCUT2D eigenvalue weighted by atomic mass is 10.2. The molecule has 0 atom stereocenters. The van der Waals surface area contributed by atoms with E-state index in [4.69, 9.17) is 14.2 Å². The van der Waals surface area contributed by atoms with E-state index in [1.807, 2.05) is 6.07 Å². The molecule has 0 amide bonds. The van der Waals surface area contributed by atoms with E-state index in [9.17, 15) is 0 Å². The van der Waals surface area contributed by atoms with Gasteiger partial charge in [0.25, 0.3) is 0 Å². The fourth-order valence-electron chi connectivity index (χ4n) is 2.51. The average Bonchev–Trinajstić information content (AvgIpc) is 2.58. The van der Waals surface area contributed by atoms with E-state index >= 15 is 0 Å². The summed E-state index contributed by atoms with van der Waals surface area (Å²) < 4.78 is 17.5. The highest BCUT2D eigenvalue weighted by Gasteiger charge is 2.12. The number of morpholine rings is 1. The summed E-state index contributed by atoms with van der Waals surface area (Å²) in [5, 5.41) is 3.49. The fraction of sp³-hybridized carbons (Fsp3) is 0.647. The normalized spacial score (nSPS) is 15.6. The summed E-state index contributed by atoms with van der Waals surface area (Å²) in [6, 6.07) is 4.13. The Morgan fingerprint density at radius 2 is 2.09 bits per heavy atom. The van der Waals surface area contributed by atoms with Gasteiger partial charge in [0, 0.05) is 32.7 Å². The number of hydrogen-bond acceptors (Lipinski definition) is 5. The Morgan fingerprint density at radius 1 is 1.30 bits per heavy atom. The largest absolute Gasteiger partial charge is 0.493 e. The molecule has 1 aromatic carbocycles. The van der Waals surface area contributed by atoms with Crippen LogP contribution < -0.4 is 14.8 Å². The first-order valence-corrected chi connectivity index (χ1v) is 9.04. The molecule has 0 aliphatic carbocycles. The number of halogens is 1. The number of nitrogens with one attached hydrogen (secondary N) is 1. The smallest absolute Gasteiger partial charge is 0.175 e. The molecule has 0 aromatic heterocycles. The number of hydrogen-bond donors (Lipinski definition) is 1. The second-order valence-electron chi connectivity index (χ2n) is 5.59. The van der Waals surface area contributed by atoms with Gasteiger partial charge in [-0.15, -0.1) is 0 Å². The van der Waals surface area contributed by atoms with Crippen molar-refractivity contribution in [1.29, 1.82) is 0 Å². The minimum Gasteiger partial charge on any atom is -0.493 e. The van der Waals surface area contributed by atoms with Crippen molar-refractivity contribution < 1.29 is 14.2 Å². The van der Waals surface area contributed by atoms with Crippen LogP contribution in [0.4, 0.5) is 0 Å². The third kappa shape index (κ3) is 5.95. The molecule has 1 heterocycles. The standard InChI is InChI=1S/C17H27BrN2O3/c1-3-8-23-17-15(18)11-14(12-16(17)21-2)13-19-4-5-20-6-9-22-10-7-20/h11-12,19H,3-10,13H2,1-2H3. The molecular weight excluding hydrogens is 360 g/mol. The summed E-state index contributed by atoms with van der Waals surface area (Å²) in [5.74, 6) is 1.56. The number of methoxy groups -OCH3 is 1. The molecule has 0 spiro atoms. The van der Waals surface area contributed by atoms with Crippen LogP contribution in [0.2, 0.25) is 0 Å². The Hall–Kier alpha value is -0.820. The van der Waals surface area contributed by atoms with Crippen molar-refractivity contribution in [2.75, 3.05) is 53.1 Å². The molecule has 0 bridgehead atoms. The highest BCUT2D eigenvalue weighted by molar-refractivity contribution is 9.10. The maximum absolute atomic E-state index is 5.76. The molecule has 23 heavy (non-hydrogen) atoms. The Balaban J connectivity index is 1.83. The Morgan fingerprint density at radius 3 is 2.78 bits per heavy atom. The Kier molecular flexibility index (Phi) is 8.16. The molecule has 1 N–H and O–H groups in total. The summed E-state index contributed by atoms with van der Waals surface area (Å²) in [5.41, 5.74) is 1.18. The van der Waals surface area contributed by atoms with Gasteiger partial charge in [0.15, 0.2) is 11.5 Å². The van der Waals surface area contributed by atoms with Gasteiger partial charge in [0.2, 0.25) is 0 Å². The van der Waals surface area contributed by atoms with E-state index in [0.29, 0.717) is 6.61 Å². The lowest BCUT2D eigenvalue weighted by Gasteiger charge is -2.26. The molecule has 1 aliphatic rings. The molecule has 130 valence electrons. The van der Waals surface area contributed by atoms with Crippen molar-refractivity contribution in [2.45, 2.75) is 19.9 Å². The molecule has 0 radical (unpaired) electrons. The molecule has 1 aliphatic heterocycles. The van der Waals surface area contributed by atoms with Crippen LogP contribution in [0.1, 0.15) is 18.9 Å². The number of benzene rings is 1. The molecule has 2 rings (SSSR count). The average molecular weight is 387 g/mol. The van der Waals surface area contributed by atoms with Crippen LogP contribution >= 0.6 is 15.9 Å². The molecule has 6 heteroatoms. The highest BCUT2D eigenvalue weighted by Crippen LogP contribution is 2.36. The third-order valence-corrected chi connectivity index (χ3v) is 4.37. The summed E-state index contributed by atoms with van der Waals surface area (Å²) in [7, 11) is 1.68. The van der Waals surface area contributed by atoms with E-state index in [-0.39, 0.29) is 0 Å². The van der Waals surface area contributed by atoms with Gasteiger partial charge in [-0.1, -0.05) is 6.92 Å². The zero-order chi connectivity index (χ0) is 16.5. The predicted octanol–water partition coefficient (Wildman–Crippen LogP) is 2.67. The van der Waals surface area contributed by atoms with E-state index in [2.05, 4.69) is 39.1 Å². The molecule has 0 saturated carbocycles. The topological polar surface area (TPSA) is 43.0 Å². The van der Waals surface area contributed by atoms with Crippen LogP contribution in [0.15, 0.2) is 16.6 Å². The molecule has 1 fully saturated rings. The van der Waals surface area contributed by atoms with E-state index in [1.165, 1.54) is 5.56 Å². The van der Waals surface area contributed by atoms with Gasteiger partial charge in [0.05, 0.1) is 31.4 Å². The Labute approximate surface area is 147 Å². The SMILES string of the molecule is CCCOc1c(Br)cc(CNCCN2CCOCC2)cc1OC. The first kappa shape index (κ1) is 18.5. The number of ether oxygens (including phenoxy) is 3. The van der Waals surface area contributed by atoms with Crippen molar-refractivity contribution in [3.8, 4) is 11.5 Å². The number of rotatable bonds is 9. The van der Waals surface area contributed by atoms with Gasteiger partial charge in [-0.25, -0.2) is 0 Å². The van der Waals surface area contributed by atoms with Crippen molar-refractivity contribution >= 4 is 15.9 Å². The van der Waals surface area contributed by atoms with Crippen molar-refractivity contribution in [2.24, 2.45) is 0 Å². The lowest BCUT2D eigenvalue weighted by molar-refractivity contribution is 0.0384. The van der Waals surface area contributed by atoms with Crippen LogP contribution in [-0.4, -0.2) is 58.0 Å². The van der Waals surface area contributed by atoms with Crippen molar-refractivity contribution in [1.82, 2.24) is 10.2 Å². The van der Waals surface area contributed by atoms with E-state index < -0.39 is 0 Å². The molecular formula is C17H27BrN2O3. The highest BCUT2D eigenvalue weighted by atomic mass is 79.9. The first-order chi connectivity index (χ1) is 11.2. The van der Waals surface area contributed by atoms with Crippen LogP contribution in [0.25, 0.3) is 0 Å². The van der Waals surface area contributed by atoms with Crippen molar-refractivity contribution in [3.05, 3.63) is 22.2 Å². The second kappa shape index (κ2) is 10.1. The summed E-state index contributed by atoms with van der Waals surface area (Å²) >= 11 is 3.59. The summed E-state index contributed by atoms with van der Waals surface area (Å²) in [6.07, 6.45) is 0.973. The van der Waals surface area contributed by atoms with Gasteiger partial charge in [-0.05, 0) is 40.0 Å². The minimum atomic E-state index is 0.687. The predicted molar refractivity (Wildman–Crippen MR) is 95.4 cm³/mol.